The van der Waals surface area contributed by atoms with E-state index < -0.39 is 6.10 Å². The molecule has 0 fully saturated rings. The highest BCUT2D eigenvalue weighted by Crippen LogP contribution is 2.04. The Kier molecular flexibility index (Phi) is 5.11. The highest BCUT2D eigenvalue weighted by molar-refractivity contribution is 5.73. The molecule has 1 atom stereocenters. The minimum atomic E-state index is -0.414. The lowest BCUT2D eigenvalue weighted by molar-refractivity contribution is -0.155. The van der Waals surface area contributed by atoms with Crippen molar-refractivity contribution in [2.24, 2.45) is 5.92 Å². The van der Waals surface area contributed by atoms with Crippen LogP contribution in [0.25, 0.3) is 0 Å². The van der Waals surface area contributed by atoms with Crippen LogP contribution in [-0.2, 0) is 19.1 Å². The fourth-order valence-corrected chi connectivity index (χ4v) is 0.694. The molecular formula is C9H16O4. The lowest BCUT2D eigenvalue weighted by Crippen LogP contribution is -2.22. The van der Waals surface area contributed by atoms with Gasteiger partial charge in [0.25, 0.3) is 0 Å². The van der Waals surface area contributed by atoms with Gasteiger partial charge in [0.15, 0.2) is 0 Å². The Morgan fingerprint density at radius 2 is 1.77 bits per heavy atom. The van der Waals surface area contributed by atoms with Gasteiger partial charge in [-0.2, -0.15) is 0 Å². The number of hydrogen-bond acceptors (Lipinski definition) is 4. The van der Waals surface area contributed by atoms with Crippen LogP contribution in [0.2, 0.25) is 0 Å². The van der Waals surface area contributed by atoms with Gasteiger partial charge in [0.2, 0.25) is 0 Å². The zero-order chi connectivity index (χ0) is 10.4. The van der Waals surface area contributed by atoms with Gasteiger partial charge >= 0.3 is 11.9 Å². The molecular weight excluding hydrogens is 172 g/mol. The van der Waals surface area contributed by atoms with Crippen LogP contribution >= 0.6 is 0 Å². The number of carbonyl (C=O) groups is 2. The molecule has 4 nitrogen and oxygen atoms in total. The van der Waals surface area contributed by atoms with Gasteiger partial charge in [-0.1, -0.05) is 13.8 Å². The molecule has 0 aromatic carbocycles. The van der Waals surface area contributed by atoms with E-state index in [0.29, 0.717) is 0 Å². The summed E-state index contributed by atoms with van der Waals surface area (Å²) in [5.74, 6) is -0.833. The van der Waals surface area contributed by atoms with E-state index in [1.807, 2.05) is 0 Å². The topological polar surface area (TPSA) is 52.6 Å². The van der Waals surface area contributed by atoms with Gasteiger partial charge in [-0.15, -0.1) is 0 Å². The highest BCUT2D eigenvalue weighted by atomic mass is 16.6. The van der Waals surface area contributed by atoms with Crippen LogP contribution in [0, 0.1) is 5.92 Å². The van der Waals surface area contributed by atoms with Gasteiger partial charge in [0.05, 0.1) is 19.4 Å². The lowest BCUT2D eigenvalue weighted by Gasteiger charge is -2.13. The second-order valence-electron chi connectivity index (χ2n) is 3.18. The van der Waals surface area contributed by atoms with Gasteiger partial charge in [0, 0.05) is 0 Å². The Labute approximate surface area is 78.2 Å². The Balaban J connectivity index is 3.80. The number of methoxy groups -OCH3 is 1. The summed E-state index contributed by atoms with van der Waals surface area (Å²) >= 11 is 0. The maximum atomic E-state index is 11.0. The van der Waals surface area contributed by atoms with Gasteiger partial charge in [-0.3, -0.25) is 9.59 Å². The summed E-state index contributed by atoms with van der Waals surface area (Å²) in [4.78, 5) is 21.8. The summed E-state index contributed by atoms with van der Waals surface area (Å²) in [5.41, 5.74) is 0. The Morgan fingerprint density at radius 3 is 2.15 bits per heavy atom. The summed E-state index contributed by atoms with van der Waals surface area (Å²) in [6, 6.07) is 0. The molecule has 0 N–H and O–H groups in total. The molecule has 0 amide bonds. The van der Waals surface area contributed by atoms with Crippen LogP contribution in [0.15, 0.2) is 0 Å². The molecule has 0 aliphatic carbocycles. The number of carbonyl (C=O) groups excluding carboxylic acids is 2. The second-order valence-corrected chi connectivity index (χ2v) is 3.18. The molecule has 13 heavy (non-hydrogen) atoms. The average Bonchev–Trinajstić information content (AvgIpc) is 2.03. The normalized spacial score (nSPS) is 12.4. The fraction of sp³-hybridized carbons (Fsp3) is 0.778. The number of rotatable bonds is 4. The molecule has 0 aliphatic rings. The molecule has 0 spiro atoms. The smallest absolute Gasteiger partial charge is 0.309 e. The number of hydrogen-bond donors (Lipinski definition) is 0. The van der Waals surface area contributed by atoms with Crippen LogP contribution in [0.1, 0.15) is 27.2 Å². The van der Waals surface area contributed by atoms with Gasteiger partial charge in [0.1, 0.15) is 6.10 Å². The van der Waals surface area contributed by atoms with Crippen LogP contribution in [0.4, 0.5) is 0 Å². The lowest BCUT2D eigenvalue weighted by atomic mass is 10.2. The third-order valence-corrected chi connectivity index (χ3v) is 1.47. The molecule has 0 radical (unpaired) electrons. The number of esters is 2. The van der Waals surface area contributed by atoms with Crippen molar-refractivity contribution in [3.63, 3.8) is 0 Å². The highest BCUT2D eigenvalue weighted by Gasteiger charge is 2.15. The van der Waals surface area contributed by atoms with Crippen molar-refractivity contribution in [3.8, 4) is 0 Å². The molecule has 1 unspecified atom stereocenters. The molecule has 0 aromatic rings. The van der Waals surface area contributed by atoms with Gasteiger partial charge in [-0.05, 0) is 6.92 Å². The maximum absolute atomic E-state index is 11.0. The van der Waals surface area contributed by atoms with E-state index in [0.717, 1.165) is 0 Å². The molecule has 0 saturated heterocycles. The summed E-state index contributed by atoms with van der Waals surface area (Å²) in [6.07, 6.45) is -0.308. The molecule has 4 heteroatoms. The van der Waals surface area contributed by atoms with Crippen molar-refractivity contribution in [2.75, 3.05) is 7.11 Å². The Bertz CT molecular complexity index is 186. The fourth-order valence-electron chi connectivity index (χ4n) is 0.694. The van der Waals surface area contributed by atoms with E-state index in [4.69, 9.17) is 4.74 Å². The van der Waals surface area contributed by atoms with Crippen molar-refractivity contribution in [2.45, 2.75) is 33.3 Å². The minimum Gasteiger partial charge on any atom is -0.469 e. The van der Waals surface area contributed by atoms with Gasteiger partial charge in [-0.25, -0.2) is 0 Å². The first-order chi connectivity index (χ1) is 5.97. The first kappa shape index (κ1) is 11.9. The standard InChI is InChI=1S/C9H16O4/c1-6(2)9(11)13-7(3)5-8(10)12-4/h6-7H,5H2,1-4H3. The third kappa shape index (κ3) is 5.22. The van der Waals surface area contributed by atoms with Crippen molar-refractivity contribution >= 4 is 11.9 Å². The van der Waals surface area contributed by atoms with Crippen molar-refractivity contribution in [1.82, 2.24) is 0 Å². The quantitative estimate of drug-likeness (QED) is 0.621. The monoisotopic (exact) mass is 188 g/mol. The SMILES string of the molecule is COC(=O)CC(C)OC(=O)C(C)C. The van der Waals surface area contributed by atoms with Crippen molar-refractivity contribution in [1.29, 1.82) is 0 Å². The van der Waals surface area contributed by atoms with Crippen molar-refractivity contribution in [3.05, 3.63) is 0 Å². The zero-order valence-electron chi connectivity index (χ0n) is 8.49. The predicted octanol–water partition coefficient (Wildman–Crippen LogP) is 1.14. The summed E-state index contributed by atoms with van der Waals surface area (Å²) in [6.45, 7) is 5.15. The first-order valence-electron chi connectivity index (χ1n) is 4.24. The molecule has 76 valence electrons. The van der Waals surface area contributed by atoms with Crippen molar-refractivity contribution < 1.29 is 19.1 Å². The Hall–Kier alpha value is -1.06. The molecule has 0 aliphatic heterocycles. The predicted molar refractivity (Wildman–Crippen MR) is 47.0 cm³/mol. The molecule has 0 heterocycles. The van der Waals surface area contributed by atoms with E-state index in [9.17, 15) is 9.59 Å². The van der Waals surface area contributed by atoms with E-state index in [-0.39, 0.29) is 24.3 Å². The summed E-state index contributed by atoms with van der Waals surface area (Å²) in [5, 5.41) is 0. The maximum Gasteiger partial charge on any atom is 0.309 e. The summed E-state index contributed by atoms with van der Waals surface area (Å²) in [7, 11) is 1.30. The summed E-state index contributed by atoms with van der Waals surface area (Å²) < 4.78 is 9.38. The van der Waals surface area contributed by atoms with Crippen LogP contribution < -0.4 is 0 Å². The second kappa shape index (κ2) is 5.56. The number of ether oxygens (including phenoxy) is 2. The Morgan fingerprint density at radius 1 is 1.23 bits per heavy atom. The van der Waals surface area contributed by atoms with E-state index >= 15 is 0 Å². The average molecular weight is 188 g/mol. The van der Waals surface area contributed by atoms with E-state index in [1.165, 1.54) is 7.11 Å². The molecule has 0 saturated carbocycles. The van der Waals surface area contributed by atoms with E-state index in [2.05, 4.69) is 4.74 Å². The van der Waals surface area contributed by atoms with Crippen LogP contribution in [-0.4, -0.2) is 25.2 Å². The molecule has 0 aromatic heterocycles. The molecule has 0 rings (SSSR count). The largest absolute Gasteiger partial charge is 0.469 e. The first-order valence-corrected chi connectivity index (χ1v) is 4.24. The minimum absolute atomic E-state index is 0.106. The van der Waals surface area contributed by atoms with Crippen LogP contribution in [0.3, 0.4) is 0 Å². The molecule has 0 bridgehead atoms. The third-order valence-electron chi connectivity index (χ3n) is 1.47. The van der Waals surface area contributed by atoms with E-state index in [1.54, 1.807) is 20.8 Å². The zero-order valence-corrected chi connectivity index (χ0v) is 8.49. The van der Waals surface area contributed by atoms with Gasteiger partial charge < -0.3 is 9.47 Å². The van der Waals surface area contributed by atoms with Crippen LogP contribution in [0.5, 0.6) is 0 Å².